The highest BCUT2D eigenvalue weighted by atomic mass is 19.4. The number of benzene rings is 3. The smallest absolute Gasteiger partial charge is 0.416 e. The number of anilines is 1. The van der Waals surface area contributed by atoms with Crippen molar-refractivity contribution in [3.05, 3.63) is 117 Å². The van der Waals surface area contributed by atoms with Crippen molar-refractivity contribution >= 4 is 5.82 Å². The summed E-state index contributed by atoms with van der Waals surface area (Å²) in [5, 5.41) is 3.13. The monoisotopic (exact) mass is 555 g/mol. The number of pyridine rings is 1. The van der Waals surface area contributed by atoms with Gasteiger partial charge in [-0.15, -0.1) is 0 Å². The summed E-state index contributed by atoms with van der Waals surface area (Å²) in [5.41, 5.74) is 5.37. The molecule has 208 valence electrons. The molecule has 0 aliphatic carbocycles. The van der Waals surface area contributed by atoms with Crippen LogP contribution < -0.4 is 21.3 Å². The fraction of sp³-hybridized carbons (Fsp3) is 0.233. The van der Waals surface area contributed by atoms with E-state index in [1.54, 1.807) is 24.3 Å². The molecule has 2 atom stereocenters. The molecule has 0 amide bonds. The molecule has 10 heteroatoms. The van der Waals surface area contributed by atoms with E-state index in [2.05, 4.69) is 5.32 Å². The highest BCUT2D eigenvalue weighted by molar-refractivity contribution is 5.74. The van der Waals surface area contributed by atoms with Crippen LogP contribution in [0.2, 0.25) is 0 Å². The fourth-order valence-corrected chi connectivity index (χ4v) is 5.42. The number of fused-ring (bicyclic) bond motifs is 1. The van der Waals surface area contributed by atoms with Crippen LogP contribution in [0.15, 0.2) is 71.5 Å². The molecule has 0 saturated heterocycles. The first-order valence-corrected chi connectivity index (χ1v) is 12.5. The summed E-state index contributed by atoms with van der Waals surface area (Å²) in [7, 11) is 1.28. The Morgan fingerprint density at radius 1 is 1.02 bits per heavy atom. The summed E-state index contributed by atoms with van der Waals surface area (Å²) in [5.74, 6) is -1.72. The topological polar surface area (TPSA) is 69.3 Å². The minimum Gasteiger partial charge on any atom is -0.494 e. The van der Waals surface area contributed by atoms with Crippen molar-refractivity contribution in [1.29, 1.82) is 0 Å². The maximum absolute atomic E-state index is 15.5. The molecule has 1 aromatic heterocycles. The number of nitrogens with zero attached hydrogens (tertiary/aromatic N) is 1. The van der Waals surface area contributed by atoms with E-state index in [-0.39, 0.29) is 40.4 Å². The Morgan fingerprint density at radius 3 is 2.40 bits per heavy atom. The third kappa shape index (κ3) is 4.62. The lowest BCUT2D eigenvalue weighted by Crippen LogP contribution is -2.32. The van der Waals surface area contributed by atoms with Gasteiger partial charge in [-0.25, -0.2) is 8.78 Å². The van der Waals surface area contributed by atoms with E-state index in [0.29, 0.717) is 0 Å². The first kappa shape index (κ1) is 27.4. The molecular formula is C30H26F5N3O2. The average molecular weight is 556 g/mol. The fourth-order valence-electron chi connectivity index (χ4n) is 5.42. The molecule has 0 bridgehead atoms. The van der Waals surface area contributed by atoms with Gasteiger partial charge in [0.15, 0.2) is 11.6 Å². The van der Waals surface area contributed by atoms with Crippen LogP contribution in [0, 0.1) is 18.6 Å². The van der Waals surface area contributed by atoms with Crippen molar-refractivity contribution in [1.82, 2.24) is 4.57 Å². The standard InChI is InChI=1S/C30H26F5N3O2/c1-16-19(14-20-21(30(33,34)35)11-7-12-22(20)31)28-37-15-23(27(36)17-8-4-3-5-9-17)38(28)29(39)25(16)18-10-6-13-24(40-2)26(18)32/h3-13,23,27,37H,14-15,36H2,1-2H3/t23-,27-/m0/s1. The second-order valence-corrected chi connectivity index (χ2v) is 9.65. The zero-order valence-corrected chi connectivity index (χ0v) is 21.7. The van der Waals surface area contributed by atoms with E-state index in [1.165, 1.54) is 36.8 Å². The lowest BCUT2D eigenvalue weighted by Gasteiger charge is -2.24. The summed E-state index contributed by atoms with van der Waals surface area (Å²) < 4.78 is 78.6. The van der Waals surface area contributed by atoms with Gasteiger partial charge in [-0.2, -0.15) is 13.2 Å². The van der Waals surface area contributed by atoms with E-state index >= 15 is 4.39 Å². The molecule has 1 aliphatic rings. The first-order valence-electron chi connectivity index (χ1n) is 12.5. The number of methoxy groups -OCH3 is 1. The SMILES string of the molecule is COc1cccc(-c2c(C)c(Cc3c(F)cccc3C(F)(F)F)c3n(c2=O)[C@H]([C@@H](N)c2ccccc2)CN3)c1F. The molecule has 3 N–H and O–H groups in total. The Hall–Kier alpha value is -4.18. The van der Waals surface area contributed by atoms with Gasteiger partial charge in [0.05, 0.1) is 30.3 Å². The van der Waals surface area contributed by atoms with Gasteiger partial charge in [0.25, 0.3) is 5.56 Å². The van der Waals surface area contributed by atoms with E-state index in [9.17, 15) is 22.4 Å². The summed E-state index contributed by atoms with van der Waals surface area (Å²) in [6.07, 6.45) is -5.31. The molecule has 0 unspecified atom stereocenters. The maximum Gasteiger partial charge on any atom is 0.416 e. The number of aromatic nitrogens is 1. The van der Waals surface area contributed by atoms with Gasteiger partial charge in [-0.3, -0.25) is 9.36 Å². The van der Waals surface area contributed by atoms with E-state index in [0.717, 1.165) is 23.8 Å². The van der Waals surface area contributed by atoms with Crippen molar-refractivity contribution in [3.63, 3.8) is 0 Å². The van der Waals surface area contributed by atoms with Crippen LogP contribution in [0.25, 0.3) is 11.1 Å². The Labute approximate surface area is 227 Å². The van der Waals surface area contributed by atoms with Gasteiger partial charge in [0, 0.05) is 29.7 Å². The maximum atomic E-state index is 15.5. The third-order valence-electron chi connectivity index (χ3n) is 7.43. The van der Waals surface area contributed by atoms with Crippen LogP contribution in [0.5, 0.6) is 5.75 Å². The van der Waals surface area contributed by atoms with Crippen LogP contribution in [0.4, 0.5) is 27.8 Å². The number of halogens is 5. The number of ether oxygens (including phenoxy) is 1. The average Bonchev–Trinajstić information content (AvgIpc) is 3.37. The summed E-state index contributed by atoms with van der Waals surface area (Å²) in [6, 6.07) is 14.8. The predicted octanol–water partition coefficient (Wildman–Crippen LogP) is 6.39. The second-order valence-electron chi connectivity index (χ2n) is 9.65. The Kier molecular flexibility index (Phi) is 7.14. The van der Waals surface area contributed by atoms with Crippen LogP contribution in [0.3, 0.4) is 0 Å². The molecular weight excluding hydrogens is 529 g/mol. The normalized spacial score (nSPS) is 15.4. The number of nitrogens with one attached hydrogen (secondary N) is 1. The highest BCUT2D eigenvalue weighted by Crippen LogP contribution is 2.41. The Balaban J connectivity index is 1.79. The zero-order chi connectivity index (χ0) is 28.8. The summed E-state index contributed by atoms with van der Waals surface area (Å²) in [6.45, 7) is 1.71. The van der Waals surface area contributed by atoms with E-state index < -0.39 is 53.0 Å². The molecule has 0 radical (unpaired) electrons. The molecule has 5 nitrogen and oxygen atoms in total. The second kappa shape index (κ2) is 10.4. The van der Waals surface area contributed by atoms with E-state index in [1.807, 2.05) is 6.07 Å². The molecule has 5 rings (SSSR count). The van der Waals surface area contributed by atoms with Gasteiger partial charge in [0.2, 0.25) is 0 Å². The van der Waals surface area contributed by atoms with Crippen molar-refractivity contribution < 1.29 is 26.7 Å². The molecule has 0 saturated carbocycles. The lowest BCUT2D eigenvalue weighted by atomic mass is 9.91. The van der Waals surface area contributed by atoms with Crippen LogP contribution in [0.1, 0.15) is 39.9 Å². The van der Waals surface area contributed by atoms with Crippen molar-refractivity contribution in [2.75, 3.05) is 19.0 Å². The quantitative estimate of drug-likeness (QED) is 0.271. The number of nitrogens with two attached hydrogens (primary N) is 1. The summed E-state index contributed by atoms with van der Waals surface area (Å²) in [4.78, 5) is 14.1. The number of rotatable bonds is 6. The van der Waals surface area contributed by atoms with Crippen molar-refractivity contribution in [3.8, 4) is 16.9 Å². The number of hydrogen-bond acceptors (Lipinski definition) is 4. The number of alkyl halides is 3. The minimum atomic E-state index is -4.81. The number of hydrogen-bond donors (Lipinski definition) is 2. The molecule has 3 aromatic carbocycles. The predicted molar refractivity (Wildman–Crippen MR) is 142 cm³/mol. The van der Waals surface area contributed by atoms with E-state index in [4.69, 9.17) is 10.5 Å². The molecule has 2 heterocycles. The van der Waals surface area contributed by atoms with Crippen molar-refractivity contribution in [2.45, 2.75) is 31.6 Å². The Morgan fingerprint density at radius 2 is 1.73 bits per heavy atom. The lowest BCUT2D eigenvalue weighted by molar-refractivity contribution is -0.138. The molecule has 0 spiro atoms. The largest absolute Gasteiger partial charge is 0.494 e. The molecule has 0 fully saturated rings. The molecule has 4 aromatic rings. The van der Waals surface area contributed by atoms with Gasteiger partial charge in [-0.05, 0) is 36.2 Å². The highest BCUT2D eigenvalue weighted by Gasteiger charge is 2.37. The van der Waals surface area contributed by atoms with Crippen LogP contribution >= 0.6 is 0 Å². The van der Waals surface area contributed by atoms with Crippen molar-refractivity contribution in [2.24, 2.45) is 5.73 Å². The van der Waals surface area contributed by atoms with Crippen LogP contribution in [-0.2, 0) is 12.6 Å². The van der Waals surface area contributed by atoms with Crippen LogP contribution in [-0.4, -0.2) is 18.2 Å². The van der Waals surface area contributed by atoms with Gasteiger partial charge >= 0.3 is 6.18 Å². The summed E-state index contributed by atoms with van der Waals surface area (Å²) >= 11 is 0. The third-order valence-corrected chi connectivity index (χ3v) is 7.43. The first-order chi connectivity index (χ1) is 19.0. The Bertz CT molecular complexity index is 1630. The molecule has 40 heavy (non-hydrogen) atoms. The van der Waals surface area contributed by atoms with Gasteiger partial charge in [0.1, 0.15) is 11.6 Å². The minimum absolute atomic E-state index is 0.0611. The van der Waals surface area contributed by atoms with Gasteiger partial charge in [-0.1, -0.05) is 48.5 Å². The molecule has 1 aliphatic heterocycles. The van der Waals surface area contributed by atoms with Gasteiger partial charge < -0.3 is 15.8 Å². The zero-order valence-electron chi connectivity index (χ0n) is 21.7.